The third-order valence-electron chi connectivity index (χ3n) is 6.55. The van der Waals surface area contributed by atoms with Crippen molar-refractivity contribution in [3.05, 3.63) is 101 Å². The smallest absolute Gasteiger partial charge is 0.410 e. The number of nitrogens with one attached hydrogen (secondary N) is 1. The Bertz CT molecular complexity index is 1280. The van der Waals surface area contributed by atoms with Gasteiger partial charge in [-0.15, -0.1) is 0 Å². The van der Waals surface area contributed by atoms with Gasteiger partial charge in [-0.1, -0.05) is 55.5 Å². The Morgan fingerprint density at radius 1 is 1.00 bits per heavy atom. The van der Waals surface area contributed by atoms with Gasteiger partial charge in [0.1, 0.15) is 18.4 Å². The zero-order valence-electron chi connectivity index (χ0n) is 19.7. The van der Waals surface area contributed by atoms with Crippen LogP contribution < -0.4 is 4.74 Å². The van der Waals surface area contributed by atoms with Crippen molar-refractivity contribution in [2.45, 2.75) is 39.3 Å². The molecule has 1 aliphatic heterocycles. The Kier molecular flexibility index (Phi) is 6.26. The second kappa shape index (κ2) is 9.64. The fourth-order valence-corrected chi connectivity index (χ4v) is 4.79. The van der Waals surface area contributed by atoms with Gasteiger partial charge in [-0.2, -0.15) is 0 Å². The number of hydrogen-bond acceptors (Lipinski definition) is 3. The van der Waals surface area contributed by atoms with E-state index in [-0.39, 0.29) is 12.1 Å². The summed E-state index contributed by atoms with van der Waals surface area (Å²) in [7, 11) is 0. The maximum atomic E-state index is 12.9. The van der Waals surface area contributed by atoms with Gasteiger partial charge in [0.25, 0.3) is 0 Å². The Balaban J connectivity index is 1.48. The van der Waals surface area contributed by atoms with Crippen LogP contribution in [-0.2, 0) is 24.2 Å². The number of fused-ring (bicyclic) bond motifs is 3. The molecular weight excluding hydrogens is 424 g/mol. The normalized spacial score (nSPS) is 15.2. The minimum Gasteiger partial charge on any atom is -0.489 e. The summed E-state index contributed by atoms with van der Waals surface area (Å²) in [4.78, 5) is 18.4. The quantitative estimate of drug-likeness (QED) is 0.366. The number of aryl methyl sites for hydroxylation is 1. The van der Waals surface area contributed by atoms with Crippen molar-refractivity contribution < 1.29 is 14.3 Å². The van der Waals surface area contributed by atoms with E-state index in [0.29, 0.717) is 19.8 Å². The minimum atomic E-state index is -0.282. The number of aromatic nitrogens is 1. The second-order valence-electron chi connectivity index (χ2n) is 8.64. The molecule has 0 radical (unpaired) electrons. The van der Waals surface area contributed by atoms with E-state index in [0.717, 1.165) is 40.9 Å². The van der Waals surface area contributed by atoms with Crippen LogP contribution in [0.3, 0.4) is 0 Å². The summed E-state index contributed by atoms with van der Waals surface area (Å²) in [6.45, 7) is 5.51. The molecule has 1 aliphatic rings. The Hall–Kier alpha value is -3.73. The number of carbonyl (C=O) groups is 1. The van der Waals surface area contributed by atoms with Crippen LogP contribution in [0.5, 0.6) is 5.75 Å². The first-order valence-corrected chi connectivity index (χ1v) is 12.0. The summed E-state index contributed by atoms with van der Waals surface area (Å²) in [5, 5.41) is 1.26. The summed E-state index contributed by atoms with van der Waals surface area (Å²) in [5.41, 5.74) is 6.95. The van der Waals surface area contributed by atoms with Crippen LogP contribution in [0.4, 0.5) is 4.79 Å². The molecule has 0 saturated carbocycles. The highest BCUT2D eigenvalue weighted by Crippen LogP contribution is 2.39. The molecule has 4 aromatic rings. The first-order valence-electron chi connectivity index (χ1n) is 12.0. The van der Waals surface area contributed by atoms with Crippen LogP contribution in [0.1, 0.15) is 47.8 Å². The van der Waals surface area contributed by atoms with Crippen molar-refractivity contribution in [3.8, 4) is 5.75 Å². The van der Waals surface area contributed by atoms with E-state index in [4.69, 9.17) is 9.47 Å². The molecule has 1 unspecified atom stereocenters. The molecule has 34 heavy (non-hydrogen) atoms. The molecule has 2 heterocycles. The van der Waals surface area contributed by atoms with Crippen LogP contribution in [0.25, 0.3) is 10.9 Å². The van der Waals surface area contributed by atoms with Crippen molar-refractivity contribution in [3.63, 3.8) is 0 Å². The molecule has 0 bridgehead atoms. The molecule has 174 valence electrons. The van der Waals surface area contributed by atoms with Crippen molar-refractivity contribution in [2.24, 2.45) is 0 Å². The number of aromatic amines is 1. The highest BCUT2D eigenvalue weighted by Gasteiger charge is 2.35. The van der Waals surface area contributed by atoms with Crippen LogP contribution in [0, 0.1) is 0 Å². The van der Waals surface area contributed by atoms with E-state index < -0.39 is 0 Å². The number of H-pyrrole nitrogens is 1. The van der Waals surface area contributed by atoms with Crippen LogP contribution in [-0.4, -0.2) is 29.1 Å². The van der Waals surface area contributed by atoms with E-state index in [9.17, 15) is 4.79 Å². The van der Waals surface area contributed by atoms with Gasteiger partial charge in [0.05, 0.1) is 6.61 Å². The summed E-state index contributed by atoms with van der Waals surface area (Å²) in [6, 6.07) is 24.5. The third-order valence-corrected chi connectivity index (χ3v) is 6.55. The molecule has 0 spiro atoms. The predicted octanol–water partition coefficient (Wildman–Crippen LogP) is 6.41. The van der Waals surface area contributed by atoms with Gasteiger partial charge in [-0.3, -0.25) is 4.90 Å². The maximum Gasteiger partial charge on any atom is 0.410 e. The summed E-state index contributed by atoms with van der Waals surface area (Å²) in [6.07, 6.45) is 1.52. The number of benzene rings is 3. The predicted molar refractivity (Wildman–Crippen MR) is 134 cm³/mol. The number of hydrogen-bond donors (Lipinski definition) is 1. The summed E-state index contributed by atoms with van der Waals surface area (Å²) < 4.78 is 11.4. The van der Waals surface area contributed by atoms with Crippen LogP contribution >= 0.6 is 0 Å². The molecule has 0 saturated heterocycles. The fourth-order valence-electron chi connectivity index (χ4n) is 4.79. The number of ether oxygens (including phenoxy) is 2. The Morgan fingerprint density at radius 2 is 1.79 bits per heavy atom. The maximum absolute atomic E-state index is 12.9. The average molecular weight is 455 g/mol. The highest BCUT2D eigenvalue weighted by molar-refractivity contribution is 5.86. The van der Waals surface area contributed by atoms with E-state index in [2.05, 4.69) is 54.4 Å². The van der Waals surface area contributed by atoms with Crippen molar-refractivity contribution in [1.29, 1.82) is 0 Å². The molecule has 1 amide bonds. The van der Waals surface area contributed by atoms with Crippen molar-refractivity contribution >= 4 is 17.0 Å². The van der Waals surface area contributed by atoms with Gasteiger partial charge in [0.2, 0.25) is 0 Å². The zero-order chi connectivity index (χ0) is 23.5. The van der Waals surface area contributed by atoms with Gasteiger partial charge in [0, 0.05) is 23.1 Å². The van der Waals surface area contributed by atoms with Gasteiger partial charge >= 0.3 is 6.09 Å². The highest BCUT2D eigenvalue weighted by atomic mass is 16.6. The molecular formula is C29H30N2O3. The molecule has 5 rings (SSSR count). The van der Waals surface area contributed by atoms with Gasteiger partial charge in [0.15, 0.2) is 0 Å². The molecule has 1 aromatic heterocycles. The number of carbonyl (C=O) groups excluding carboxylic acids is 1. The van der Waals surface area contributed by atoms with Gasteiger partial charge in [-0.25, -0.2) is 4.79 Å². The third kappa shape index (κ3) is 4.26. The fraction of sp³-hybridized carbons (Fsp3) is 0.276. The standard InChI is InChI=1S/C29H30N2O3/c1-3-20-10-15-26-25(18-20)24-16-17-31(29(32)33-4-2)28(27(24)30-26)22-11-13-23(14-12-22)34-19-21-8-6-5-7-9-21/h5-15,18,28,30H,3-4,16-17,19H2,1-2H3. The lowest BCUT2D eigenvalue weighted by Gasteiger charge is -2.35. The lowest BCUT2D eigenvalue weighted by atomic mass is 9.92. The Morgan fingerprint density at radius 3 is 2.53 bits per heavy atom. The van der Waals surface area contributed by atoms with E-state index in [1.54, 1.807) is 0 Å². The number of nitrogens with zero attached hydrogens (tertiary/aromatic N) is 1. The van der Waals surface area contributed by atoms with E-state index in [1.165, 1.54) is 16.5 Å². The van der Waals surface area contributed by atoms with Crippen molar-refractivity contribution in [1.82, 2.24) is 9.88 Å². The molecule has 1 atom stereocenters. The largest absolute Gasteiger partial charge is 0.489 e. The SMILES string of the molecule is CCOC(=O)N1CCc2c([nH]c3ccc(CC)cc23)C1c1ccc(OCc2ccccc2)cc1. The molecule has 5 nitrogen and oxygen atoms in total. The monoisotopic (exact) mass is 454 g/mol. The lowest BCUT2D eigenvalue weighted by Crippen LogP contribution is -2.40. The number of rotatable bonds is 6. The molecule has 0 aliphatic carbocycles. The average Bonchev–Trinajstić information content (AvgIpc) is 3.26. The van der Waals surface area contributed by atoms with E-state index >= 15 is 0 Å². The number of amides is 1. The molecule has 1 N–H and O–H groups in total. The summed E-state index contributed by atoms with van der Waals surface area (Å²) in [5.74, 6) is 0.801. The Labute approximate surface area is 200 Å². The zero-order valence-corrected chi connectivity index (χ0v) is 19.7. The molecule has 5 heteroatoms. The van der Waals surface area contributed by atoms with Crippen molar-refractivity contribution in [2.75, 3.05) is 13.2 Å². The first kappa shape index (κ1) is 22.1. The second-order valence-corrected chi connectivity index (χ2v) is 8.64. The summed E-state index contributed by atoms with van der Waals surface area (Å²) >= 11 is 0. The van der Waals surface area contributed by atoms with Crippen LogP contribution in [0.15, 0.2) is 72.8 Å². The lowest BCUT2D eigenvalue weighted by molar-refractivity contribution is 0.0932. The van der Waals surface area contributed by atoms with Gasteiger partial charge < -0.3 is 14.5 Å². The first-order chi connectivity index (χ1) is 16.7. The minimum absolute atomic E-state index is 0.233. The molecule has 0 fully saturated rings. The molecule has 3 aromatic carbocycles. The van der Waals surface area contributed by atoms with Gasteiger partial charge in [-0.05, 0) is 66.3 Å². The van der Waals surface area contributed by atoms with Crippen LogP contribution in [0.2, 0.25) is 0 Å². The van der Waals surface area contributed by atoms with E-state index in [1.807, 2.05) is 42.2 Å². The topological polar surface area (TPSA) is 54.6 Å².